The molecule has 1 amide bonds. The van der Waals surface area contributed by atoms with E-state index >= 15 is 0 Å². The first kappa shape index (κ1) is 25.2. The van der Waals surface area contributed by atoms with E-state index in [2.05, 4.69) is 0 Å². The third-order valence-electron chi connectivity index (χ3n) is 6.21. The summed E-state index contributed by atoms with van der Waals surface area (Å²) in [5.74, 6) is -1.53. The van der Waals surface area contributed by atoms with E-state index in [9.17, 15) is 23.5 Å². The molecule has 188 valence electrons. The molecule has 6 nitrogen and oxygen atoms in total. The summed E-state index contributed by atoms with van der Waals surface area (Å²) in [6.45, 7) is 1.46. The number of aliphatic carboxylic acids is 1. The first-order chi connectivity index (χ1) is 17.2. The normalized spacial score (nSPS) is 16.2. The van der Waals surface area contributed by atoms with Crippen LogP contribution in [0.5, 0.6) is 11.5 Å². The number of hydrogen-bond acceptors (Lipinski definition) is 4. The lowest BCUT2D eigenvalue weighted by molar-refractivity contribution is -0.137. The van der Waals surface area contributed by atoms with Crippen molar-refractivity contribution in [1.29, 1.82) is 0 Å². The van der Waals surface area contributed by atoms with Crippen LogP contribution in [0.4, 0.5) is 8.78 Å². The number of methoxy groups -OCH3 is 1. The van der Waals surface area contributed by atoms with Crippen molar-refractivity contribution in [3.8, 4) is 11.5 Å². The zero-order valence-electron chi connectivity index (χ0n) is 20.1. The minimum Gasteiger partial charge on any atom is -0.493 e. The highest BCUT2D eigenvalue weighted by atomic mass is 19.1. The highest BCUT2D eigenvalue weighted by molar-refractivity contribution is 5.97. The second-order valence-corrected chi connectivity index (χ2v) is 9.16. The molecule has 0 bridgehead atoms. The van der Waals surface area contributed by atoms with E-state index < -0.39 is 29.8 Å². The molecular weight excluding hydrogens is 468 g/mol. The lowest BCUT2D eigenvalue weighted by atomic mass is 9.91. The molecule has 0 saturated heterocycles. The molecule has 8 heteroatoms. The Kier molecular flexibility index (Phi) is 7.24. The van der Waals surface area contributed by atoms with Crippen molar-refractivity contribution >= 4 is 11.9 Å². The van der Waals surface area contributed by atoms with Gasteiger partial charge in [-0.15, -0.1) is 0 Å². The average Bonchev–Trinajstić information content (AvgIpc) is 3.17. The zero-order chi connectivity index (χ0) is 25.9. The second-order valence-electron chi connectivity index (χ2n) is 9.16. The monoisotopic (exact) mass is 495 g/mol. The van der Waals surface area contributed by atoms with Crippen molar-refractivity contribution in [1.82, 2.24) is 4.90 Å². The number of ether oxygens (including phenoxy) is 2. The third kappa shape index (κ3) is 5.64. The number of hydrogen-bond donors (Lipinski definition) is 1. The second kappa shape index (κ2) is 10.4. The van der Waals surface area contributed by atoms with Crippen molar-refractivity contribution in [2.75, 3.05) is 20.2 Å². The molecule has 1 N–H and O–H groups in total. The molecule has 1 atom stereocenters. The van der Waals surface area contributed by atoms with E-state index in [1.807, 2.05) is 6.92 Å². The van der Waals surface area contributed by atoms with Crippen LogP contribution in [0.3, 0.4) is 0 Å². The SMILES string of the molecule is COc1cc(C(=O)N(CCc2cccc(F)c2)CC(=O)O)cc2c1OC(C)(Cc1ccccc1F)C2. The van der Waals surface area contributed by atoms with Crippen molar-refractivity contribution in [3.05, 3.63) is 94.6 Å². The Morgan fingerprint density at radius 1 is 1.11 bits per heavy atom. The van der Waals surface area contributed by atoms with Crippen molar-refractivity contribution < 1.29 is 33.0 Å². The summed E-state index contributed by atoms with van der Waals surface area (Å²) >= 11 is 0. The van der Waals surface area contributed by atoms with Crippen LogP contribution in [-0.2, 0) is 24.1 Å². The maximum absolute atomic E-state index is 14.3. The molecule has 1 unspecified atom stereocenters. The lowest BCUT2D eigenvalue weighted by Gasteiger charge is -2.24. The van der Waals surface area contributed by atoms with Crippen LogP contribution < -0.4 is 9.47 Å². The summed E-state index contributed by atoms with van der Waals surface area (Å²) < 4.78 is 39.5. The van der Waals surface area contributed by atoms with Gasteiger partial charge in [0.1, 0.15) is 23.8 Å². The molecule has 1 aliphatic heterocycles. The van der Waals surface area contributed by atoms with Gasteiger partial charge >= 0.3 is 5.97 Å². The van der Waals surface area contributed by atoms with Gasteiger partial charge < -0.3 is 19.5 Å². The van der Waals surface area contributed by atoms with E-state index in [-0.39, 0.29) is 17.9 Å². The minimum atomic E-state index is -1.16. The van der Waals surface area contributed by atoms with Gasteiger partial charge in [-0.25, -0.2) is 8.78 Å². The van der Waals surface area contributed by atoms with Crippen LogP contribution in [0.1, 0.15) is 34.0 Å². The van der Waals surface area contributed by atoms with Gasteiger partial charge in [0.15, 0.2) is 11.5 Å². The number of fused-ring (bicyclic) bond motifs is 1. The van der Waals surface area contributed by atoms with Crippen LogP contribution >= 0.6 is 0 Å². The molecule has 0 spiro atoms. The molecule has 1 aliphatic rings. The summed E-state index contributed by atoms with van der Waals surface area (Å²) in [6, 6.07) is 15.7. The van der Waals surface area contributed by atoms with E-state index in [1.165, 1.54) is 36.3 Å². The molecule has 3 aromatic carbocycles. The fourth-order valence-corrected chi connectivity index (χ4v) is 4.57. The van der Waals surface area contributed by atoms with E-state index in [4.69, 9.17) is 9.47 Å². The van der Waals surface area contributed by atoms with Crippen LogP contribution in [0.2, 0.25) is 0 Å². The zero-order valence-corrected chi connectivity index (χ0v) is 20.1. The fraction of sp³-hybridized carbons (Fsp3) is 0.286. The van der Waals surface area contributed by atoms with Crippen LogP contribution in [0.15, 0.2) is 60.7 Å². The minimum absolute atomic E-state index is 0.0927. The van der Waals surface area contributed by atoms with Gasteiger partial charge in [-0.2, -0.15) is 0 Å². The quantitative estimate of drug-likeness (QED) is 0.467. The molecule has 0 saturated carbocycles. The van der Waals surface area contributed by atoms with Gasteiger partial charge in [0.25, 0.3) is 5.91 Å². The summed E-state index contributed by atoms with van der Waals surface area (Å²) in [7, 11) is 1.46. The van der Waals surface area contributed by atoms with Gasteiger partial charge in [-0.05, 0) is 54.8 Å². The standard InChI is InChI=1S/C28H27F2NO5/c1-28(15-19-7-3-4-9-23(19)30)16-21-13-20(14-24(35-2)26(21)36-28)27(34)31(17-25(32)33)11-10-18-6-5-8-22(29)12-18/h3-9,12-14H,10-11,15-17H2,1-2H3,(H,32,33). The van der Waals surface area contributed by atoms with E-state index in [0.29, 0.717) is 41.9 Å². The number of benzene rings is 3. The lowest BCUT2D eigenvalue weighted by Crippen LogP contribution is -2.37. The number of carbonyl (C=O) groups is 2. The number of carbonyl (C=O) groups excluding carboxylic acids is 1. The first-order valence-electron chi connectivity index (χ1n) is 11.6. The van der Waals surface area contributed by atoms with Gasteiger partial charge in [-0.1, -0.05) is 30.3 Å². The predicted molar refractivity (Wildman–Crippen MR) is 129 cm³/mol. The molecule has 0 aliphatic carbocycles. The Balaban J connectivity index is 1.57. The molecule has 0 fully saturated rings. The number of nitrogens with zero attached hydrogens (tertiary/aromatic N) is 1. The number of rotatable bonds is 9. The molecule has 1 heterocycles. The molecule has 36 heavy (non-hydrogen) atoms. The number of carboxylic acids is 1. The molecule has 0 aromatic heterocycles. The Hall–Kier alpha value is -3.94. The van der Waals surface area contributed by atoms with Gasteiger partial charge in [0.2, 0.25) is 0 Å². The van der Waals surface area contributed by atoms with Crippen LogP contribution in [0, 0.1) is 11.6 Å². The van der Waals surface area contributed by atoms with E-state index in [1.54, 1.807) is 36.4 Å². The summed E-state index contributed by atoms with van der Waals surface area (Å²) in [6.07, 6.45) is 1.03. The van der Waals surface area contributed by atoms with E-state index in [0.717, 1.165) is 5.56 Å². The Labute approximate surface area is 208 Å². The largest absolute Gasteiger partial charge is 0.493 e. The van der Waals surface area contributed by atoms with Crippen molar-refractivity contribution in [2.45, 2.75) is 31.8 Å². The molecular formula is C28H27F2NO5. The number of carboxylic acid groups (broad SMARTS) is 1. The average molecular weight is 496 g/mol. The summed E-state index contributed by atoms with van der Waals surface area (Å²) in [5.41, 5.74) is 1.40. The fourth-order valence-electron chi connectivity index (χ4n) is 4.57. The third-order valence-corrected chi connectivity index (χ3v) is 6.21. The first-order valence-corrected chi connectivity index (χ1v) is 11.6. The number of halogens is 2. The van der Waals surface area contributed by atoms with Gasteiger partial charge in [0, 0.05) is 30.5 Å². The Morgan fingerprint density at radius 2 is 1.89 bits per heavy atom. The smallest absolute Gasteiger partial charge is 0.323 e. The van der Waals surface area contributed by atoms with Gasteiger partial charge in [0.05, 0.1) is 7.11 Å². The predicted octanol–water partition coefficient (Wildman–Crippen LogP) is 4.68. The highest BCUT2D eigenvalue weighted by Crippen LogP contribution is 2.44. The summed E-state index contributed by atoms with van der Waals surface area (Å²) in [4.78, 5) is 26.1. The van der Waals surface area contributed by atoms with Crippen molar-refractivity contribution in [3.63, 3.8) is 0 Å². The summed E-state index contributed by atoms with van der Waals surface area (Å²) in [5, 5.41) is 9.38. The van der Waals surface area contributed by atoms with Crippen LogP contribution in [0.25, 0.3) is 0 Å². The van der Waals surface area contributed by atoms with Gasteiger partial charge in [-0.3, -0.25) is 9.59 Å². The topological polar surface area (TPSA) is 76.1 Å². The highest BCUT2D eigenvalue weighted by Gasteiger charge is 2.38. The Morgan fingerprint density at radius 3 is 2.58 bits per heavy atom. The number of amides is 1. The Bertz CT molecular complexity index is 1290. The maximum Gasteiger partial charge on any atom is 0.323 e. The van der Waals surface area contributed by atoms with Crippen molar-refractivity contribution in [2.24, 2.45) is 0 Å². The molecule has 3 aromatic rings. The van der Waals surface area contributed by atoms with Crippen LogP contribution in [-0.4, -0.2) is 47.7 Å². The molecule has 4 rings (SSSR count). The maximum atomic E-state index is 14.3. The molecule has 0 radical (unpaired) electrons.